The number of carbonyl (C=O) groups is 1. The number of nitrogens with two attached hydrogens (primary N) is 1. The molecule has 3 N–H and O–H groups in total. The lowest BCUT2D eigenvalue weighted by atomic mass is 9.81. The summed E-state index contributed by atoms with van der Waals surface area (Å²) in [6, 6.07) is 0. The van der Waals surface area contributed by atoms with Crippen LogP contribution in [-0.2, 0) is 14.3 Å². The van der Waals surface area contributed by atoms with Crippen LogP contribution >= 0.6 is 0 Å². The van der Waals surface area contributed by atoms with Gasteiger partial charge in [0.25, 0.3) is 0 Å². The first kappa shape index (κ1) is 15.4. The Morgan fingerprint density at radius 3 is 2.83 bits per heavy atom. The molecule has 0 radical (unpaired) electrons. The van der Waals surface area contributed by atoms with Gasteiger partial charge in [0, 0.05) is 13.0 Å². The number of hydrogen-bond acceptors (Lipinski definition) is 4. The van der Waals surface area contributed by atoms with Crippen molar-refractivity contribution in [3.63, 3.8) is 0 Å². The fourth-order valence-electron chi connectivity index (χ4n) is 2.18. The van der Waals surface area contributed by atoms with Gasteiger partial charge in [-0.25, -0.2) is 0 Å². The smallest absolute Gasteiger partial charge is 0.323 e. The van der Waals surface area contributed by atoms with Crippen LogP contribution in [0.3, 0.4) is 0 Å². The van der Waals surface area contributed by atoms with E-state index in [9.17, 15) is 4.79 Å². The Morgan fingerprint density at radius 2 is 2.22 bits per heavy atom. The highest BCUT2D eigenvalue weighted by Gasteiger charge is 2.39. The first-order valence-corrected chi connectivity index (χ1v) is 6.65. The van der Waals surface area contributed by atoms with Gasteiger partial charge in [-0.2, -0.15) is 0 Å². The summed E-state index contributed by atoms with van der Waals surface area (Å²) in [5.74, 6) is -0.407. The van der Waals surface area contributed by atoms with Crippen LogP contribution in [0.5, 0.6) is 0 Å². The summed E-state index contributed by atoms with van der Waals surface area (Å²) in [6.45, 7) is 5.98. The molecule has 18 heavy (non-hydrogen) atoms. The zero-order valence-electron chi connectivity index (χ0n) is 11.4. The van der Waals surface area contributed by atoms with E-state index in [4.69, 9.17) is 20.3 Å². The van der Waals surface area contributed by atoms with Crippen LogP contribution in [0, 0.1) is 5.92 Å². The van der Waals surface area contributed by atoms with E-state index in [2.05, 4.69) is 13.8 Å². The van der Waals surface area contributed by atoms with Crippen molar-refractivity contribution in [3.05, 3.63) is 0 Å². The molecule has 2 atom stereocenters. The maximum Gasteiger partial charge on any atom is 0.323 e. The van der Waals surface area contributed by atoms with E-state index >= 15 is 0 Å². The van der Waals surface area contributed by atoms with Gasteiger partial charge in [0.05, 0.1) is 19.3 Å². The molecular weight excluding hydrogens is 234 g/mol. The molecule has 0 saturated heterocycles. The maximum atomic E-state index is 11.1. The Labute approximate surface area is 109 Å². The van der Waals surface area contributed by atoms with E-state index < -0.39 is 11.5 Å². The van der Waals surface area contributed by atoms with Gasteiger partial charge in [0.15, 0.2) is 0 Å². The van der Waals surface area contributed by atoms with Crippen LogP contribution in [-0.4, -0.2) is 42.5 Å². The molecule has 0 aliphatic heterocycles. The topological polar surface area (TPSA) is 81.8 Å². The van der Waals surface area contributed by atoms with Crippen molar-refractivity contribution in [2.75, 3.05) is 19.8 Å². The molecule has 1 fully saturated rings. The summed E-state index contributed by atoms with van der Waals surface area (Å²) >= 11 is 0. The van der Waals surface area contributed by atoms with E-state index in [1.807, 2.05) is 0 Å². The lowest BCUT2D eigenvalue weighted by Gasteiger charge is -2.34. The van der Waals surface area contributed by atoms with Crippen LogP contribution in [0.15, 0.2) is 0 Å². The van der Waals surface area contributed by atoms with E-state index in [0.29, 0.717) is 32.0 Å². The molecule has 0 amide bonds. The van der Waals surface area contributed by atoms with E-state index in [1.165, 1.54) is 0 Å². The predicted octanol–water partition coefficient (Wildman–Crippen LogP) is 1.40. The molecule has 0 aromatic heterocycles. The molecular formula is C13H25NO4. The number of aliphatic carboxylic acids is 1. The molecule has 5 nitrogen and oxygen atoms in total. The van der Waals surface area contributed by atoms with Gasteiger partial charge in [-0.05, 0) is 25.2 Å². The highest BCUT2D eigenvalue weighted by molar-refractivity contribution is 5.78. The van der Waals surface area contributed by atoms with Gasteiger partial charge in [-0.3, -0.25) is 4.79 Å². The quantitative estimate of drug-likeness (QED) is 0.675. The molecule has 0 aromatic rings. The summed E-state index contributed by atoms with van der Waals surface area (Å²) in [5, 5.41) is 9.08. The molecule has 0 bridgehead atoms. The Kier molecular flexibility index (Phi) is 6.05. The second-order valence-electron chi connectivity index (χ2n) is 5.52. The number of rotatable bonds is 7. The number of ether oxygens (including phenoxy) is 2. The lowest BCUT2D eigenvalue weighted by Crippen LogP contribution is -2.52. The molecule has 1 aliphatic carbocycles. The molecule has 1 saturated carbocycles. The van der Waals surface area contributed by atoms with Crippen molar-refractivity contribution in [3.8, 4) is 0 Å². The van der Waals surface area contributed by atoms with Crippen LogP contribution < -0.4 is 5.73 Å². The minimum absolute atomic E-state index is 0.0532. The van der Waals surface area contributed by atoms with Crippen LogP contribution in [0.4, 0.5) is 0 Å². The third-order valence-corrected chi connectivity index (χ3v) is 3.20. The average Bonchev–Trinajstić information content (AvgIpc) is 2.28. The fraction of sp³-hybridized carbons (Fsp3) is 0.923. The number of hydrogen-bond donors (Lipinski definition) is 2. The predicted molar refractivity (Wildman–Crippen MR) is 68.4 cm³/mol. The second kappa shape index (κ2) is 7.07. The first-order valence-electron chi connectivity index (χ1n) is 6.65. The molecule has 1 aliphatic rings. The van der Waals surface area contributed by atoms with Gasteiger partial charge >= 0.3 is 5.97 Å². The van der Waals surface area contributed by atoms with Gasteiger partial charge in [-0.1, -0.05) is 13.8 Å². The molecule has 0 aromatic carbocycles. The Hall–Kier alpha value is -0.650. The SMILES string of the molecule is CC(C)COCCOC1CCCC(N)(C(=O)O)C1. The van der Waals surface area contributed by atoms with Gasteiger partial charge < -0.3 is 20.3 Å². The van der Waals surface area contributed by atoms with E-state index in [-0.39, 0.29) is 6.10 Å². The van der Waals surface area contributed by atoms with Crippen molar-refractivity contribution < 1.29 is 19.4 Å². The minimum atomic E-state index is -1.11. The summed E-state index contributed by atoms with van der Waals surface area (Å²) in [4.78, 5) is 11.1. The van der Waals surface area contributed by atoms with E-state index in [1.54, 1.807) is 0 Å². The zero-order valence-corrected chi connectivity index (χ0v) is 11.4. The van der Waals surface area contributed by atoms with Gasteiger partial charge in [0.1, 0.15) is 5.54 Å². The number of carboxylic acids is 1. The average molecular weight is 259 g/mol. The molecule has 106 valence electrons. The largest absolute Gasteiger partial charge is 0.480 e. The fourth-order valence-corrected chi connectivity index (χ4v) is 2.18. The second-order valence-corrected chi connectivity index (χ2v) is 5.52. The number of carboxylic acid groups (broad SMARTS) is 1. The normalized spacial score (nSPS) is 28.6. The highest BCUT2D eigenvalue weighted by atomic mass is 16.5. The highest BCUT2D eigenvalue weighted by Crippen LogP contribution is 2.28. The molecule has 0 spiro atoms. The van der Waals surface area contributed by atoms with Crippen molar-refractivity contribution in [1.29, 1.82) is 0 Å². The summed E-state index contributed by atoms with van der Waals surface area (Å²) in [6.07, 6.45) is 2.57. The molecule has 0 heterocycles. The monoisotopic (exact) mass is 259 g/mol. The summed E-state index contributed by atoms with van der Waals surface area (Å²) < 4.78 is 11.1. The van der Waals surface area contributed by atoms with Crippen LogP contribution in [0.1, 0.15) is 39.5 Å². The Bertz CT molecular complexity index is 270. The van der Waals surface area contributed by atoms with Crippen molar-refractivity contribution in [1.82, 2.24) is 0 Å². The van der Waals surface area contributed by atoms with Crippen LogP contribution in [0.25, 0.3) is 0 Å². The van der Waals surface area contributed by atoms with Gasteiger partial charge in [-0.15, -0.1) is 0 Å². The zero-order chi connectivity index (χ0) is 13.6. The van der Waals surface area contributed by atoms with Crippen molar-refractivity contribution in [2.45, 2.75) is 51.2 Å². The van der Waals surface area contributed by atoms with E-state index in [0.717, 1.165) is 19.4 Å². The first-order chi connectivity index (χ1) is 8.44. The molecule has 2 unspecified atom stereocenters. The minimum Gasteiger partial charge on any atom is -0.480 e. The Balaban J connectivity index is 2.20. The summed E-state index contributed by atoms with van der Waals surface area (Å²) in [7, 11) is 0. The third-order valence-electron chi connectivity index (χ3n) is 3.20. The Morgan fingerprint density at radius 1 is 1.50 bits per heavy atom. The summed E-state index contributed by atoms with van der Waals surface area (Å²) in [5.41, 5.74) is 4.74. The van der Waals surface area contributed by atoms with Crippen molar-refractivity contribution >= 4 is 5.97 Å². The third kappa shape index (κ3) is 4.92. The standard InChI is InChI=1S/C13H25NO4/c1-10(2)9-17-6-7-18-11-4-3-5-13(14,8-11)12(15)16/h10-11H,3-9,14H2,1-2H3,(H,15,16). The maximum absolute atomic E-state index is 11.1. The molecule has 5 heteroatoms. The van der Waals surface area contributed by atoms with Crippen molar-refractivity contribution in [2.24, 2.45) is 11.7 Å². The molecule has 1 rings (SSSR count). The van der Waals surface area contributed by atoms with Crippen LogP contribution in [0.2, 0.25) is 0 Å². The van der Waals surface area contributed by atoms with Gasteiger partial charge in [0.2, 0.25) is 0 Å². The lowest BCUT2D eigenvalue weighted by molar-refractivity contribution is -0.147.